The molecule has 0 saturated carbocycles. The molecule has 0 saturated heterocycles. The molecule has 2 aromatic rings. The summed E-state index contributed by atoms with van der Waals surface area (Å²) in [4.78, 5) is 8.04. The van der Waals surface area contributed by atoms with Gasteiger partial charge in [0, 0.05) is 44.4 Å². The average molecular weight is 399 g/mol. The van der Waals surface area contributed by atoms with E-state index < -0.39 is 12.8 Å². The second-order valence-electron chi connectivity index (χ2n) is 5.93. The molecule has 0 aliphatic rings. The molecule has 2 rings (SSSR count). The minimum absolute atomic E-state index is 0.0739. The lowest BCUT2D eigenvalue weighted by Gasteiger charge is -2.12. The Morgan fingerprint density at radius 3 is 2.50 bits per heavy atom. The third-order valence-electron chi connectivity index (χ3n) is 3.90. The molecule has 0 aliphatic heterocycles. The van der Waals surface area contributed by atoms with Crippen LogP contribution < -0.4 is 15.4 Å². The van der Waals surface area contributed by atoms with E-state index in [1.807, 2.05) is 13.8 Å². The summed E-state index contributed by atoms with van der Waals surface area (Å²) in [5, 5.41) is 10.4. The number of guanidine groups is 1. The lowest BCUT2D eigenvalue weighted by atomic mass is 10.1. The summed E-state index contributed by atoms with van der Waals surface area (Å²) in [6, 6.07) is 3.04. The van der Waals surface area contributed by atoms with Crippen molar-refractivity contribution in [1.29, 1.82) is 0 Å². The Hall–Kier alpha value is -2.78. The lowest BCUT2D eigenvalue weighted by molar-refractivity contribution is -0.154. The molecule has 10 heteroatoms. The zero-order chi connectivity index (χ0) is 20.6. The van der Waals surface area contributed by atoms with Crippen molar-refractivity contribution in [3.63, 3.8) is 0 Å². The van der Waals surface area contributed by atoms with E-state index in [1.54, 1.807) is 13.1 Å². The number of nitrogens with one attached hydrogen (secondary N) is 2. The summed E-state index contributed by atoms with van der Waals surface area (Å²) in [7, 11) is 1.65. The fraction of sp³-hybridized carbons (Fsp3) is 0.500. The summed E-state index contributed by atoms with van der Waals surface area (Å²) in [6.07, 6.45) is -1.40. The largest absolute Gasteiger partial charge is 0.468 e. The van der Waals surface area contributed by atoms with Crippen LogP contribution in [0.2, 0.25) is 0 Å². The van der Waals surface area contributed by atoms with Crippen LogP contribution in [0.15, 0.2) is 27.8 Å². The summed E-state index contributed by atoms with van der Waals surface area (Å²) in [5.41, 5.74) is 2.72. The van der Waals surface area contributed by atoms with E-state index in [9.17, 15) is 13.2 Å². The van der Waals surface area contributed by atoms with Crippen molar-refractivity contribution >= 4 is 5.96 Å². The van der Waals surface area contributed by atoms with Gasteiger partial charge in [0.15, 0.2) is 12.6 Å². The minimum atomic E-state index is -4.39. The fourth-order valence-corrected chi connectivity index (χ4v) is 2.47. The van der Waals surface area contributed by atoms with E-state index in [-0.39, 0.29) is 5.88 Å². The van der Waals surface area contributed by atoms with Gasteiger partial charge in [-0.05, 0) is 12.0 Å². The number of rotatable bonds is 8. The van der Waals surface area contributed by atoms with Gasteiger partial charge in [0.2, 0.25) is 5.88 Å². The van der Waals surface area contributed by atoms with Crippen LogP contribution in [0.3, 0.4) is 0 Å². The predicted molar refractivity (Wildman–Crippen MR) is 98.1 cm³/mol. The van der Waals surface area contributed by atoms with Crippen LogP contribution in [-0.2, 0) is 25.9 Å². The maximum absolute atomic E-state index is 12.1. The number of aryl methyl sites for hydroxylation is 2. The van der Waals surface area contributed by atoms with Gasteiger partial charge in [0.05, 0.1) is 5.69 Å². The fourth-order valence-electron chi connectivity index (χ4n) is 2.47. The first-order valence-corrected chi connectivity index (χ1v) is 8.91. The number of aromatic nitrogens is 2. The standard InChI is InChI=1S/C18H24F3N5O2/c1-4-14-13(15(5-2)28-26-14)10-25-17(22-3)24-9-12-6-7-16(23-8-12)27-11-18(19,20)21/h6-8H,4-5,9-11H2,1-3H3,(H2,22,24,25). The Kier molecular flexibility index (Phi) is 7.65. The van der Waals surface area contributed by atoms with E-state index in [1.165, 1.54) is 12.3 Å². The number of nitrogens with zero attached hydrogens (tertiary/aromatic N) is 3. The molecule has 2 heterocycles. The topological polar surface area (TPSA) is 84.6 Å². The molecule has 0 aromatic carbocycles. The highest BCUT2D eigenvalue weighted by atomic mass is 19.4. The minimum Gasteiger partial charge on any atom is -0.468 e. The lowest BCUT2D eigenvalue weighted by Crippen LogP contribution is -2.36. The summed E-state index contributed by atoms with van der Waals surface area (Å²) >= 11 is 0. The number of hydrogen-bond acceptors (Lipinski definition) is 5. The van der Waals surface area contributed by atoms with E-state index in [0.29, 0.717) is 19.0 Å². The molecule has 154 valence electrons. The van der Waals surface area contributed by atoms with Crippen molar-refractivity contribution in [2.24, 2.45) is 4.99 Å². The second-order valence-corrected chi connectivity index (χ2v) is 5.93. The zero-order valence-corrected chi connectivity index (χ0v) is 16.1. The van der Waals surface area contributed by atoms with Crippen LogP contribution in [0.25, 0.3) is 0 Å². The van der Waals surface area contributed by atoms with E-state index in [2.05, 4.69) is 30.5 Å². The van der Waals surface area contributed by atoms with Crippen LogP contribution in [0.4, 0.5) is 13.2 Å². The summed E-state index contributed by atoms with van der Waals surface area (Å²) < 4.78 is 46.4. The number of hydrogen-bond donors (Lipinski definition) is 2. The molecule has 28 heavy (non-hydrogen) atoms. The molecular formula is C18H24F3N5O2. The number of alkyl halides is 3. The molecule has 0 spiro atoms. The van der Waals surface area contributed by atoms with Crippen molar-refractivity contribution in [3.05, 3.63) is 40.9 Å². The first-order valence-electron chi connectivity index (χ1n) is 8.91. The SMILES string of the molecule is CCc1noc(CC)c1CNC(=NC)NCc1ccc(OCC(F)(F)F)nc1. The normalized spacial score (nSPS) is 12.1. The van der Waals surface area contributed by atoms with Crippen LogP contribution in [0.5, 0.6) is 5.88 Å². The molecule has 0 unspecified atom stereocenters. The molecule has 0 radical (unpaired) electrons. The first kappa shape index (κ1) is 21.5. The Balaban J connectivity index is 1.86. The zero-order valence-electron chi connectivity index (χ0n) is 16.1. The van der Waals surface area contributed by atoms with Crippen LogP contribution in [-0.4, -0.2) is 35.9 Å². The number of pyridine rings is 1. The number of ether oxygens (including phenoxy) is 1. The Labute approximate surface area is 161 Å². The molecule has 0 bridgehead atoms. The molecule has 0 atom stereocenters. The van der Waals surface area contributed by atoms with Gasteiger partial charge < -0.3 is 19.9 Å². The molecule has 0 fully saturated rings. The number of halogens is 3. The Morgan fingerprint density at radius 1 is 1.18 bits per heavy atom. The van der Waals surface area contributed by atoms with Gasteiger partial charge in [-0.25, -0.2) is 4.98 Å². The molecule has 0 aliphatic carbocycles. The Bertz CT molecular complexity index is 751. The average Bonchev–Trinajstić information content (AvgIpc) is 3.08. The summed E-state index contributed by atoms with van der Waals surface area (Å²) in [5.74, 6) is 1.34. The van der Waals surface area contributed by atoms with Crippen molar-refractivity contribution < 1.29 is 22.4 Å². The highest BCUT2D eigenvalue weighted by molar-refractivity contribution is 5.79. The molecular weight excluding hydrogens is 375 g/mol. The van der Waals surface area contributed by atoms with Gasteiger partial charge in [-0.15, -0.1) is 0 Å². The second kappa shape index (κ2) is 9.95. The van der Waals surface area contributed by atoms with Gasteiger partial charge in [-0.1, -0.05) is 25.1 Å². The third kappa shape index (κ3) is 6.43. The van der Waals surface area contributed by atoms with Crippen molar-refractivity contribution in [2.75, 3.05) is 13.7 Å². The molecule has 2 N–H and O–H groups in total. The van der Waals surface area contributed by atoms with Gasteiger partial charge in [0.1, 0.15) is 5.76 Å². The molecule has 7 nitrogen and oxygen atoms in total. The maximum Gasteiger partial charge on any atom is 0.422 e. The van der Waals surface area contributed by atoms with Crippen molar-refractivity contribution in [1.82, 2.24) is 20.8 Å². The van der Waals surface area contributed by atoms with Gasteiger partial charge >= 0.3 is 6.18 Å². The smallest absolute Gasteiger partial charge is 0.422 e. The quantitative estimate of drug-likeness (QED) is 0.524. The summed E-state index contributed by atoms with van der Waals surface area (Å²) in [6.45, 7) is 3.58. The van der Waals surface area contributed by atoms with Gasteiger partial charge in [-0.3, -0.25) is 4.99 Å². The van der Waals surface area contributed by atoms with Crippen molar-refractivity contribution in [3.8, 4) is 5.88 Å². The van der Waals surface area contributed by atoms with E-state index >= 15 is 0 Å². The number of aliphatic imine (C=N–C) groups is 1. The van der Waals surface area contributed by atoms with Crippen LogP contribution >= 0.6 is 0 Å². The van der Waals surface area contributed by atoms with E-state index in [0.717, 1.165) is 35.4 Å². The highest BCUT2D eigenvalue weighted by Gasteiger charge is 2.28. The highest BCUT2D eigenvalue weighted by Crippen LogP contribution is 2.17. The predicted octanol–water partition coefficient (Wildman–Crippen LogP) is 3.00. The van der Waals surface area contributed by atoms with E-state index in [4.69, 9.17) is 4.52 Å². The van der Waals surface area contributed by atoms with Gasteiger partial charge in [0.25, 0.3) is 0 Å². The maximum atomic E-state index is 12.1. The monoisotopic (exact) mass is 399 g/mol. The third-order valence-corrected chi connectivity index (χ3v) is 3.90. The molecule has 2 aromatic heterocycles. The van der Waals surface area contributed by atoms with Gasteiger partial charge in [-0.2, -0.15) is 13.2 Å². The Morgan fingerprint density at radius 2 is 1.93 bits per heavy atom. The van der Waals surface area contributed by atoms with Crippen LogP contribution in [0, 0.1) is 0 Å². The first-order chi connectivity index (χ1) is 13.4. The van der Waals surface area contributed by atoms with Crippen LogP contribution in [0.1, 0.15) is 36.4 Å². The molecule has 0 amide bonds. The van der Waals surface area contributed by atoms with Crippen molar-refractivity contribution in [2.45, 2.75) is 46.0 Å².